The van der Waals surface area contributed by atoms with Gasteiger partial charge in [-0.2, -0.15) is 0 Å². The molecule has 6 nitrogen and oxygen atoms in total. The number of carboxylic acids is 1. The molecule has 0 bridgehead atoms. The van der Waals surface area contributed by atoms with Gasteiger partial charge in [-0.3, -0.25) is 14.4 Å². The molecular weight excluding hydrogens is 272 g/mol. The van der Waals surface area contributed by atoms with Crippen LogP contribution in [0.4, 0.5) is 0 Å². The minimum Gasteiger partial charge on any atom is -0.481 e. The highest BCUT2D eigenvalue weighted by Crippen LogP contribution is 2.35. The van der Waals surface area contributed by atoms with Gasteiger partial charge < -0.3 is 15.7 Å². The summed E-state index contributed by atoms with van der Waals surface area (Å²) in [6, 6.07) is 0. The van der Waals surface area contributed by atoms with Crippen LogP contribution < -0.4 is 10.6 Å². The quantitative estimate of drug-likeness (QED) is 0.676. The second-order valence-corrected chi connectivity index (χ2v) is 6.26. The molecular formula is C15H24N2O4. The number of carboxylic acid groups (broad SMARTS) is 1. The number of hydrogen-bond acceptors (Lipinski definition) is 3. The van der Waals surface area contributed by atoms with Crippen LogP contribution in [0, 0.1) is 11.3 Å². The Labute approximate surface area is 124 Å². The molecule has 2 amide bonds. The van der Waals surface area contributed by atoms with E-state index in [-0.39, 0.29) is 24.3 Å². The van der Waals surface area contributed by atoms with Gasteiger partial charge in [-0.05, 0) is 19.3 Å². The van der Waals surface area contributed by atoms with Crippen molar-refractivity contribution in [2.75, 3.05) is 13.1 Å². The summed E-state index contributed by atoms with van der Waals surface area (Å²) in [6.07, 6.45) is 6.10. The molecule has 2 fully saturated rings. The Morgan fingerprint density at radius 1 is 1.24 bits per heavy atom. The third kappa shape index (κ3) is 3.95. The largest absolute Gasteiger partial charge is 0.481 e. The molecule has 1 unspecified atom stereocenters. The Hall–Kier alpha value is -1.59. The Morgan fingerprint density at radius 3 is 2.43 bits per heavy atom. The van der Waals surface area contributed by atoms with Gasteiger partial charge in [0.1, 0.15) is 0 Å². The first-order valence-electron chi connectivity index (χ1n) is 7.81. The van der Waals surface area contributed by atoms with E-state index in [1.54, 1.807) is 0 Å². The Balaban J connectivity index is 1.90. The third-order valence-corrected chi connectivity index (χ3v) is 4.75. The van der Waals surface area contributed by atoms with Crippen LogP contribution in [0.3, 0.4) is 0 Å². The fourth-order valence-electron chi connectivity index (χ4n) is 3.23. The molecule has 1 saturated carbocycles. The summed E-state index contributed by atoms with van der Waals surface area (Å²) in [5.74, 6) is -1.20. The number of carbonyl (C=O) groups excluding carboxylic acids is 2. The molecule has 2 rings (SSSR count). The van der Waals surface area contributed by atoms with Crippen LogP contribution in [0.5, 0.6) is 0 Å². The molecule has 0 spiro atoms. The molecule has 118 valence electrons. The van der Waals surface area contributed by atoms with E-state index in [9.17, 15) is 19.5 Å². The van der Waals surface area contributed by atoms with Crippen molar-refractivity contribution in [1.29, 1.82) is 0 Å². The number of carbonyl (C=O) groups is 3. The van der Waals surface area contributed by atoms with Crippen molar-refractivity contribution >= 4 is 17.8 Å². The molecule has 1 saturated heterocycles. The molecule has 0 radical (unpaired) electrons. The van der Waals surface area contributed by atoms with E-state index in [1.165, 1.54) is 0 Å². The predicted octanol–water partition coefficient (Wildman–Crippen LogP) is 1.05. The maximum atomic E-state index is 12.1. The molecule has 3 N–H and O–H groups in total. The third-order valence-electron chi connectivity index (χ3n) is 4.75. The number of nitrogens with one attached hydrogen (secondary N) is 2. The molecule has 0 aromatic carbocycles. The molecule has 1 heterocycles. The van der Waals surface area contributed by atoms with Gasteiger partial charge in [-0.1, -0.05) is 25.7 Å². The zero-order valence-electron chi connectivity index (χ0n) is 12.3. The normalized spacial score (nSPS) is 25.5. The second-order valence-electron chi connectivity index (χ2n) is 6.26. The van der Waals surface area contributed by atoms with Crippen LogP contribution in [0.25, 0.3) is 0 Å². The lowest BCUT2D eigenvalue weighted by molar-refractivity contribution is -0.150. The summed E-state index contributed by atoms with van der Waals surface area (Å²) in [7, 11) is 0. The van der Waals surface area contributed by atoms with Crippen molar-refractivity contribution < 1.29 is 19.5 Å². The molecule has 21 heavy (non-hydrogen) atoms. The maximum absolute atomic E-state index is 12.1. The van der Waals surface area contributed by atoms with Crippen LogP contribution in [0.15, 0.2) is 0 Å². The van der Waals surface area contributed by atoms with Crippen molar-refractivity contribution in [3.05, 3.63) is 0 Å². The number of hydrogen-bond donors (Lipinski definition) is 3. The zero-order chi connectivity index (χ0) is 15.3. The van der Waals surface area contributed by atoms with Crippen molar-refractivity contribution in [2.45, 2.75) is 51.4 Å². The van der Waals surface area contributed by atoms with Gasteiger partial charge in [0.05, 0.1) is 11.3 Å². The summed E-state index contributed by atoms with van der Waals surface area (Å²) in [6.45, 7) is 0.552. The van der Waals surface area contributed by atoms with E-state index in [2.05, 4.69) is 10.6 Å². The average molecular weight is 296 g/mol. The van der Waals surface area contributed by atoms with E-state index in [0.717, 1.165) is 25.7 Å². The minimum atomic E-state index is -0.815. The van der Waals surface area contributed by atoms with Crippen LogP contribution in [0.1, 0.15) is 51.4 Å². The van der Waals surface area contributed by atoms with Crippen molar-refractivity contribution in [3.8, 4) is 0 Å². The molecule has 6 heteroatoms. The van der Waals surface area contributed by atoms with Gasteiger partial charge in [-0.25, -0.2) is 0 Å². The Morgan fingerprint density at radius 2 is 1.90 bits per heavy atom. The van der Waals surface area contributed by atoms with Gasteiger partial charge in [0.15, 0.2) is 0 Å². The SMILES string of the molecule is O=C1CCC(C(=O)NCC2(C(=O)O)CCCCCC2)CN1. The lowest BCUT2D eigenvalue weighted by atomic mass is 9.80. The van der Waals surface area contributed by atoms with Gasteiger partial charge in [0, 0.05) is 19.5 Å². The standard InChI is InChI=1S/C15H24N2O4/c18-12-6-5-11(9-16-12)13(19)17-10-15(14(20)21)7-3-1-2-4-8-15/h11H,1-10H2,(H,16,18)(H,17,19)(H,20,21). The molecule has 1 aliphatic carbocycles. The molecule has 0 aromatic heterocycles. The maximum Gasteiger partial charge on any atom is 0.311 e. The zero-order valence-corrected chi connectivity index (χ0v) is 12.3. The lowest BCUT2D eigenvalue weighted by Gasteiger charge is -2.29. The van der Waals surface area contributed by atoms with E-state index < -0.39 is 11.4 Å². The summed E-state index contributed by atoms with van der Waals surface area (Å²) in [5.41, 5.74) is -0.815. The van der Waals surface area contributed by atoms with Crippen LogP contribution in [-0.2, 0) is 14.4 Å². The summed E-state index contributed by atoms with van der Waals surface area (Å²) in [4.78, 5) is 34.9. The average Bonchev–Trinajstić information content (AvgIpc) is 2.72. The van der Waals surface area contributed by atoms with Gasteiger partial charge >= 0.3 is 5.97 Å². The summed E-state index contributed by atoms with van der Waals surface area (Å²) >= 11 is 0. The summed E-state index contributed by atoms with van der Waals surface area (Å²) < 4.78 is 0. The van der Waals surface area contributed by atoms with E-state index in [4.69, 9.17) is 0 Å². The van der Waals surface area contributed by atoms with Crippen molar-refractivity contribution in [1.82, 2.24) is 10.6 Å². The van der Waals surface area contributed by atoms with Crippen molar-refractivity contribution in [2.24, 2.45) is 11.3 Å². The first-order valence-corrected chi connectivity index (χ1v) is 7.81. The fraction of sp³-hybridized carbons (Fsp3) is 0.800. The van der Waals surface area contributed by atoms with Crippen LogP contribution in [0.2, 0.25) is 0 Å². The Bertz CT molecular complexity index is 404. The number of aliphatic carboxylic acids is 1. The molecule has 2 aliphatic rings. The second kappa shape index (κ2) is 6.91. The molecule has 1 atom stereocenters. The number of rotatable bonds is 4. The van der Waals surface area contributed by atoms with Gasteiger partial charge in [-0.15, -0.1) is 0 Å². The first kappa shape index (κ1) is 15.8. The van der Waals surface area contributed by atoms with Crippen LogP contribution >= 0.6 is 0 Å². The lowest BCUT2D eigenvalue weighted by Crippen LogP contribution is -2.48. The van der Waals surface area contributed by atoms with Gasteiger partial charge in [0.25, 0.3) is 0 Å². The fourth-order valence-corrected chi connectivity index (χ4v) is 3.23. The Kier molecular flexibility index (Phi) is 5.20. The number of amides is 2. The van der Waals surface area contributed by atoms with E-state index in [0.29, 0.717) is 32.2 Å². The summed E-state index contributed by atoms with van der Waals surface area (Å²) in [5, 5.41) is 15.1. The topological polar surface area (TPSA) is 95.5 Å². The first-order chi connectivity index (χ1) is 10.0. The number of piperidine rings is 1. The highest BCUT2D eigenvalue weighted by molar-refractivity contribution is 5.84. The monoisotopic (exact) mass is 296 g/mol. The van der Waals surface area contributed by atoms with Crippen LogP contribution in [-0.4, -0.2) is 36.0 Å². The van der Waals surface area contributed by atoms with Crippen molar-refractivity contribution in [3.63, 3.8) is 0 Å². The molecule has 0 aromatic rings. The molecule has 1 aliphatic heterocycles. The highest BCUT2D eigenvalue weighted by atomic mass is 16.4. The van der Waals surface area contributed by atoms with E-state index >= 15 is 0 Å². The highest BCUT2D eigenvalue weighted by Gasteiger charge is 2.39. The smallest absolute Gasteiger partial charge is 0.311 e. The minimum absolute atomic E-state index is 0.0233. The predicted molar refractivity (Wildman–Crippen MR) is 76.5 cm³/mol. The van der Waals surface area contributed by atoms with E-state index in [1.807, 2.05) is 0 Å². The van der Waals surface area contributed by atoms with Gasteiger partial charge in [0.2, 0.25) is 11.8 Å².